The highest BCUT2D eigenvalue weighted by atomic mass is 16.1. The Kier molecular flexibility index (Phi) is 5.60. The lowest BCUT2D eigenvalue weighted by atomic mass is 10.0. The van der Waals surface area contributed by atoms with Crippen molar-refractivity contribution < 1.29 is 4.79 Å². The van der Waals surface area contributed by atoms with Crippen molar-refractivity contribution >= 4 is 22.4 Å². The fraction of sp³-hybridized carbons (Fsp3) is 0.292. The molecule has 0 amide bonds. The van der Waals surface area contributed by atoms with Gasteiger partial charge in [-0.2, -0.15) is 0 Å². The van der Waals surface area contributed by atoms with Crippen LogP contribution in [-0.2, 0) is 13.5 Å². The summed E-state index contributed by atoms with van der Waals surface area (Å²) in [4.78, 5) is 21.9. The fourth-order valence-corrected chi connectivity index (χ4v) is 4.05. The fourth-order valence-electron chi connectivity index (χ4n) is 4.05. The van der Waals surface area contributed by atoms with Gasteiger partial charge in [-0.25, -0.2) is 4.98 Å². The Hall–Kier alpha value is -3.65. The zero-order valence-electron chi connectivity index (χ0n) is 18.0. The molecule has 32 heavy (non-hydrogen) atoms. The van der Waals surface area contributed by atoms with Gasteiger partial charge in [0.25, 0.3) is 0 Å². The van der Waals surface area contributed by atoms with Crippen LogP contribution in [0.4, 0.5) is 5.82 Å². The van der Waals surface area contributed by atoms with E-state index in [2.05, 4.69) is 37.0 Å². The maximum Gasteiger partial charge on any atom is 0.169 e. The summed E-state index contributed by atoms with van der Waals surface area (Å²) in [5.74, 6) is 0.778. The van der Waals surface area contributed by atoms with Gasteiger partial charge in [0, 0.05) is 47.7 Å². The molecule has 162 valence electrons. The van der Waals surface area contributed by atoms with Gasteiger partial charge in [-0.05, 0) is 55.6 Å². The first kappa shape index (κ1) is 20.3. The Labute approximate surface area is 186 Å². The zero-order valence-corrected chi connectivity index (χ0v) is 18.0. The number of anilines is 1. The summed E-state index contributed by atoms with van der Waals surface area (Å²) in [5.41, 5.74) is 3.18. The standard InChI is InChI=1S/C24H25N7O/c1-31-15-22(29-30-31)16-2-3-18-14-27-21(11-19(18)10-16)13-23(32)17-4-9-26-24(12-17)28-20-5-7-25-8-6-20/h2-4,9-12,14-15,20,25H,5-8,13H2,1H3,(H,26,28). The number of carbonyl (C=O) groups excluding carboxylic acids is 1. The van der Waals surface area contributed by atoms with E-state index in [0.29, 0.717) is 11.6 Å². The van der Waals surface area contributed by atoms with Gasteiger partial charge >= 0.3 is 0 Å². The summed E-state index contributed by atoms with van der Waals surface area (Å²) in [6.07, 6.45) is 7.73. The second-order valence-electron chi connectivity index (χ2n) is 8.21. The molecule has 0 unspecified atom stereocenters. The summed E-state index contributed by atoms with van der Waals surface area (Å²) in [6, 6.07) is 12.1. The lowest BCUT2D eigenvalue weighted by Crippen LogP contribution is -2.35. The number of nitrogens with zero attached hydrogens (tertiary/aromatic N) is 5. The molecule has 1 saturated heterocycles. The van der Waals surface area contributed by atoms with Gasteiger partial charge in [0.05, 0.1) is 12.6 Å². The lowest BCUT2D eigenvalue weighted by Gasteiger charge is -2.24. The van der Waals surface area contributed by atoms with Crippen molar-refractivity contribution in [1.82, 2.24) is 30.3 Å². The molecule has 1 aromatic carbocycles. The highest BCUT2D eigenvalue weighted by Crippen LogP contribution is 2.23. The van der Waals surface area contributed by atoms with Crippen LogP contribution in [-0.4, -0.2) is 49.9 Å². The Morgan fingerprint density at radius 1 is 1.12 bits per heavy atom. The van der Waals surface area contributed by atoms with Gasteiger partial charge in [-0.1, -0.05) is 17.3 Å². The van der Waals surface area contributed by atoms with Crippen molar-refractivity contribution in [3.63, 3.8) is 0 Å². The molecular weight excluding hydrogens is 402 g/mol. The third-order valence-electron chi connectivity index (χ3n) is 5.79. The molecule has 2 N–H and O–H groups in total. The van der Waals surface area contributed by atoms with E-state index in [1.165, 1.54) is 0 Å². The monoisotopic (exact) mass is 427 g/mol. The van der Waals surface area contributed by atoms with Crippen LogP contribution in [0.5, 0.6) is 0 Å². The number of fused-ring (bicyclic) bond motifs is 1. The molecule has 0 radical (unpaired) electrons. The molecule has 0 aliphatic carbocycles. The molecule has 1 fully saturated rings. The maximum atomic E-state index is 13.0. The third-order valence-corrected chi connectivity index (χ3v) is 5.79. The first-order chi connectivity index (χ1) is 15.6. The van der Waals surface area contributed by atoms with Gasteiger partial charge in [0.15, 0.2) is 5.78 Å². The van der Waals surface area contributed by atoms with E-state index in [0.717, 1.165) is 59.5 Å². The van der Waals surface area contributed by atoms with Crippen LogP contribution in [0.3, 0.4) is 0 Å². The van der Waals surface area contributed by atoms with Crippen LogP contribution in [0.2, 0.25) is 0 Å². The number of aryl methyl sites for hydroxylation is 1. The number of hydrogen-bond acceptors (Lipinski definition) is 7. The summed E-state index contributed by atoms with van der Waals surface area (Å²) in [7, 11) is 1.84. The number of hydrogen-bond donors (Lipinski definition) is 2. The van der Waals surface area contributed by atoms with Crippen LogP contribution in [0, 0.1) is 0 Å². The Morgan fingerprint density at radius 2 is 2.00 bits per heavy atom. The van der Waals surface area contributed by atoms with E-state index in [-0.39, 0.29) is 12.2 Å². The van der Waals surface area contributed by atoms with Gasteiger partial charge in [-0.3, -0.25) is 14.5 Å². The molecule has 1 aliphatic rings. The van der Waals surface area contributed by atoms with Crippen LogP contribution >= 0.6 is 0 Å². The number of Topliss-reactive ketones (excluding diaryl/α,β-unsaturated/α-hetero) is 1. The second-order valence-corrected chi connectivity index (χ2v) is 8.21. The number of carbonyl (C=O) groups is 1. The van der Waals surface area contributed by atoms with E-state index >= 15 is 0 Å². The Balaban J connectivity index is 1.33. The summed E-state index contributed by atoms with van der Waals surface area (Å²) in [6.45, 7) is 2.00. The number of pyridine rings is 2. The highest BCUT2D eigenvalue weighted by molar-refractivity contribution is 5.98. The van der Waals surface area contributed by atoms with Crippen molar-refractivity contribution in [2.75, 3.05) is 18.4 Å². The summed E-state index contributed by atoms with van der Waals surface area (Å²) >= 11 is 0. The highest BCUT2D eigenvalue weighted by Gasteiger charge is 2.15. The molecular formula is C24H25N7O. The zero-order chi connectivity index (χ0) is 21.9. The molecule has 0 saturated carbocycles. The van der Waals surface area contributed by atoms with E-state index < -0.39 is 0 Å². The van der Waals surface area contributed by atoms with Gasteiger partial charge < -0.3 is 10.6 Å². The molecule has 4 aromatic rings. The van der Waals surface area contributed by atoms with Crippen LogP contribution in [0.25, 0.3) is 22.0 Å². The first-order valence-electron chi connectivity index (χ1n) is 10.9. The average molecular weight is 428 g/mol. The summed E-state index contributed by atoms with van der Waals surface area (Å²) in [5, 5.41) is 17.0. The van der Waals surface area contributed by atoms with Gasteiger partial charge in [-0.15, -0.1) is 5.10 Å². The van der Waals surface area contributed by atoms with Crippen LogP contribution < -0.4 is 10.6 Å². The molecule has 8 nitrogen and oxygen atoms in total. The van der Waals surface area contributed by atoms with Gasteiger partial charge in [0.1, 0.15) is 11.5 Å². The van der Waals surface area contributed by atoms with Gasteiger partial charge in [0.2, 0.25) is 0 Å². The predicted molar refractivity (Wildman–Crippen MR) is 124 cm³/mol. The molecule has 0 spiro atoms. The molecule has 4 heterocycles. The minimum Gasteiger partial charge on any atom is -0.367 e. The number of piperidine rings is 1. The first-order valence-corrected chi connectivity index (χ1v) is 10.9. The minimum absolute atomic E-state index is 0.0256. The van der Waals surface area contributed by atoms with Crippen molar-refractivity contribution in [1.29, 1.82) is 0 Å². The minimum atomic E-state index is 0.0256. The number of nitrogens with one attached hydrogen (secondary N) is 2. The molecule has 0 bridgehead atoms. The van der Waals surface area contributed by atoms with Crippen molar-refractivity contribution in [2.24, 2.45) is 7.05 Å². The SMILES string of the molecule is Cn1cc(-c2ccc3cnc(CC(=O)c4ccnc(NC5CCNCC5)c4)cc3c2)nn1. The van der Waals surface area contributed by atoms with E-state index in [1.807, 2.05) is 43.7 Å². The van der Waals surface area contributed by atoms with Crippen molar-refractivity contribution in [2.45, 2.75) is 25.3 Å². The molecule has 0 atom stereocenters. The Morgan fingerprint density at radius 3 is 2.81 bits per heavy atom. The van der Waals surface area contributed by atoms with Crippen LogP contribution in [0.1, 0.15) is 28.9 Å². The largest absolute Gasteiger partial charge is 0.367 e. The average Bonchev–Trinajstić information content (AvgIpc) is 3.26. The number of rotatable bonds is 6. The Bertz CT molecular complexity index is 1260. The van der Waals surface area contributed by atoms with Crippen LogP contribution in [0.15, 0.2) is 55.0 Å². The number of ketones is 1. The topological polar surface area (TPSA) is 97.6 Å². The normalized spacial score (nSPS) is 14.5. The molecule has 3 aromatic heterocycles. The van der Waals surface area contributed by atoms with Crippen molar-refractivity contribution in [3.05, 3.63) is 66.2 Å². The second kappa shape index (κ2) is 8.84. The van der Waals surface area contributed by atoms with E-state index in [1.54, 1.807) is 16.9 Å². The molecule has 5 rings (SSSR count). The lowest BCUT2D eigenvalue weighted by molar-refractivity contribution is 0.0992. The molecule has 8 heteroatoms. The third kappa shape index (κ3) is 4.50. The predicted octanol–water partition coefficient (Wildman–Crippen LogP) is 3.01. The van der Waals surface area contributed by atoms with Crippen molar-refractivity contribution in [3.8, 4) is 11.3 Å². The quantitative estimate of drug-likeness (QED) is 0.457. The molecule has 1 aliphatic heterocycles. The number of benzene rings is 1. The van der Waals surface area contributed by atoms with E-state index in [9.17, 15) is 4.79 Å². The maximum absolute atomic E-state index is 13.0. The smallest absolute Gasteiger partial charge is 0.169 e. The van der Waals surface area contributed by atoms with E-state index in [4.69, 9.17) is 0 Å². The summed E-state index contributed by atoms with van der Waals surface area (Å²) < 4.78 is 1.68. The number of aromatic nitrogens is 5.